The van der Waals surface area contributed by atoms with Crippen LogP contribution in [-0.2, 0) is 5.75 Å². The first-order valence-corrected chi connectivity index (χ1v) is 8.33. The zero-order valence-electron chi connectivity index (χ0n) is 12.1. The summed E-state index contributed by atoms with van der Waals surface area (Å²) < 4.78 is 6.03. The number of halogens is 1. The molecule has 4 nitrogen and oxygen atoms in total. The van der Waals surface area contributed by atoms with Gasteiger partial charge in [-0.25, -0.2) is 0 Å². The van der Waals surface area contributed by atoms with E-state index in [-0.39, 0.29) is 0 Å². The number of ether oxygens (including phenoxy) is 1. The summed E-state index contributed by atoms with van der Waals surface area (Å²) in [6, 6.07) is 15.7. The normalized spacial score (nSPS) is 11.8. The van der Waals surface area contributed by atoms with Gasteiger partial charge in [-0.2, -0.15) is 5.10 Å². The maximum atomic E-state index is 5.84. The first kappa shape index (κ1) is 16.6. The van der Waals surface area contributed by atoms with Gasteiger partial charge in [-0.15, -0.1) is 5.10 Å². The van der Waals surface area contributed by atoms with Crippen molar-refractivity contribution in [3.63, 3.8) is 0 Å². The predicted molar refractivity (Wildman–Crippen MR) is 97.6 cm³/mol. The molecule has 6 heteroatoms. The lowest BCUT2D eigenvalue weighted by atomic mass is 10.2. The number of nitrogens with zero attached hydrogens (tertiary/aromatic N) is 2. The summed E-state index contributed by atoms with van der Waals surface area (Å²) in [7, 11) is 1.63. The lowest BCUT2D eigenvalue weighted by Gasteiger charge is -2.02. The fraction of sp³-hybridized carbons (Fsp3) is 0.125. The summed E-state index contributed by atoms with van der Waals surface area (Å²) in [5.74, 6) is 1.56. The van der Waals surface area contributed by atoms with Gasteiger partial charge in [-0.05, 0) is 39.7 Å². The van der Waals surface area contributed by atoms with Gasteiger partial charge >= 0.3 is 0 Å². The van der Waals surface area contributed by atoms with Crippen LogP contribution in [0.3, 0.4) is 0 Å². The number of benzene rings is 2. The van der Waals surface area contributed by atoms with Gasteiger partial charge < -0.3 is 10.5 Å². The highest BCUT2D eigenvalue weighted by Gasteiger charge is 1.99. The second-order valence-electron chi connectivity index (χ2n) is 4.34. The van der Waals surface area contributed by atoms with Crippen molar-refractivity contribution in [1.82, 2.24) is 0 Å². The Morgan fingerprint density at radius 3 is 2.73 bits per heavy atom. The van der Waals surface area contributed by atoms with Crippen LogP contribution in [0.2, 0.25) is 0 Å². The molecule has 0 aliphatic rings. The van der Waals surface area contributed by atoms with E-state index in [0.29, 0.717) is 5.17 Å². The topological polar surface area (TPSA) is 60.0 Å². The van der Waals surface area contributed by atoms with Crippen LogP contribution < -0.4 is 10.5 Å². The number of hydrogen-bond acceptors (Lipinski definition) is 4. The number of thioether (sulfide) groups is 1. The highest BCUT2D eigenvalue weighted by atomic mass is 79.9. The van der Waals surface area contributed by atoms with E-state index in [1.165, 1.54) is 17.3 Å². The third kappa shape index (κ3) is 5.20. The largest absolute Gasteiger partial charge is 0.497 e. The number of hydrogen-bond donors (Lipinski definition) is 1. The average molecular weight is 378 g/mol. The van der Waals surface area contributed by atoms with E-state index < -0.39 is 0 Å². The number of rotatable bonds is 5. The van der Waals surface area contributed by atoms with Crippen LogP contribution in [0.15, 0.2) is 63.2 Å². The summed E-state index contributed by atoms with van der Waals surface area (Å²) in [4.78, 5) is 0. The van der Waals surface area contributed by atoms with E-state index in [2.05, 4.69) is 38.3 Å². The average Bonchev–Trinajstić information content (AvgIpc) is 2.55. The van der Waals surface area contributed by atoms with Gasteiger partial charge in [-0.3, -0.25) is 0 Å². The minimum Gasteiger partial charge on any atom is -0.497 e. The lowest BCUT2D eigenvalue weighted by molar-refractivity contribution is 0.414. The van der Waals surface area contributed by atoms with E-state index in [4.69, 9.17) is 10.5 Å². The van der Waals surface area contributed by atoms with Crippen molar-refractivity contribution >= 4 is 39.1 Å². The minimum atomic E-state index is 0.435. The predicted octanol–water partition coefficient (Wildman–Crippen LogP) is 4.04. The van der Waals surface area contributed by atoms with Crippen LogP contribution in [0.1, 0.15) is 11.1 Å². The Balaban J connectivity index is 1.92. The fourth-order valence-electron chi connectivity index (χ4n) is 1.65. The molecule has 2 aromatic rings. The molecule has 0 radical (unpaired) electrons. The second kappa shape index (κ2) is 8.60. The molecule has 0 spiro atoms. The quantitative estimate of drug-likeness (QED) is 0.485. The standard InChI is InChI=1S/C16H16BrN3OS/c1-21-14-8-7-13(15(17)9-14)10-19-20-16(18)22-11-12-5-3-2-4-6-12/h2-10H,11H2,1H3,(H2,18,20). The van der Waals surface area contributed by atoms with Crippen molar-refractivity contribution in [2.24, 2.45) is 15.9 Å². The molecule has 2 aromatic carbocycles. The summed E-state index contributed by atoms with van der Waals surface area (Å²) >= 11 is 4.92. The molecule has 0 aromatic heterocycles. The van der Waals surface area contributed by atoms with Crippen molar-refractivity contribution in [2.75, 3.05) is 7.11 Å². The van der Waals surface area contributed by atoms with Crippen molar-refractivity contribution in [3.8, 4) is 5.75 Å². The first-order chi connectivity index (χ1) is 10.7. The first-order valence-electron chi connectivity index (χ1n) is 6.56. The summed E-state index contributed by atoms with van der Waals surface area (Å²) in [6.07, 6.45) is 1.65. The van der Waals surface area contributed by atoms with Crippen LogP contribution in [0.5, 0.6) is 5.75 Å². The molecule has 0 unspecified atom stereocenters. The van der Waals surface area contributed by atoms with E-state index >= 15 is 0 Å². The summed E-state index contributed by atoms with van der Waals surface area (Å²) in [6.45, 7) is 0. The Kier molecular flexibility index (Phi) is 6.48. The SMILES string of the molecule is COc1ccc(C=NN=C(N)SCc2ccccc2)c(Br)c1. The molecule has 0 atom stereocenters. The van der Waals surface area contributed by atoms with Gasteiger partial charge in [0.25, 0.3) is 0 Å². The zero-order chi connectivity index (χ0) is 15.8. The number of nitrogens with two attached hydrogens (primary N) is 1. The molecule has 0 aliphatic carbocycles. The Bertz CT molecular complexity index is 674. The van der Waals surface area contributed by atoms with Crippen molar-refractivity contribution in [1.29, 1.82) is 0 Å². The van der Waals surface area contributed by atoms with E-state index in [0.717, 1.165) is 21.5 Å². The Hall–Kier alpha value is -1.79. The van der Waals surface area contributed by atoms with Gasteiger partial charge in [0.2, 0.25) is 0 Å². The molecule has 0 bridgehead atoms. The third-order valence-corrected chi connectivity index (χ3v) is 4.33. The molecule has 0 heterocycles. The van der Waals surface area contributed by atoms with Crippen LogP contribution in [0.4, 0.5) is 0 Å². The molecular weight excluding hydrogens is 362 g/mol. The molecular formula is C16H16BrN3OS. The van der Waals surface area contributed by atoms with Crippen molar-refractivity contribution in [3.05, 3.63) is 64.1 Å². The molecule has 0 aliphatic heterocycles. The van der Waals surface area contributed by atoms with E-state index in [1.54, 1.807) is 13.3 Å². The minimum absolute atomic E-state index is 0.435. The van der Waals surface area contributed by atoms with Crippen LogP contribution in [0, 0.1) is 0 Å². The second-order valence-corrected chi connectivity index (χ2v) is 6.19. The van der Waals surface area contributed by atoms with Crippen molar-refractivity contribution < 1.29 is 4.74 Å². The zero-order valence-corrected chi connectivity index (χ0v) is 14.5. The van der Waals surface area contributed by atoms with Gasteiger partial charge in [0.1, 0.15) is 5.75 Å². The maximum absolute atomic E-state index is 5.84. The summed E-state index contributed by atoms with van der Waals surface area (Å²) in [5.41, 5.74) is 7.95. The molecule has 0 saturated carbocycles. The van der Waals surface area contributed by atoms with E-state index in [9.17, 15) is 0 Å². The van der Waals surface area contributed by atoms with Gasteiger partial charge in [0.05, 0.1) is 13.3 Å². The lowest BCUT2D eigenvalue weighted by Crippen LogP contribution is -2.06. The summed E-state index contributed by atoms with van der Waals surface area (Å²) in [5, 5.41) is 8.44. The van der Waals surface area contributed by atoms with Crippen molar-refractivity contribution in [2.45, 2.75) is 5.75 Å². The molecule has 22 heavy (non-hydrogen) atoms. The number of amidine groups is 1. The van der Waals surface area contributed by atoms with Gasteiger partial charge in [0, 0.05) is 15.8 Å². The van der Waals surface area contributed by atoms with E-state index in [1.807, 2.05) is 36.4 Å². The molecule has 0 amide bonds. The maximum Gasteiger partial charge on any atom is 0.180 e. The van der Waals surface area contributed by atoms with Gasteiger partial charge in [0.15, 0.2) is 5.17 Å². The molecule has 114 valence electrons. The Morgan fingerprint density at radius 1 is 1.27 bits per heavy atom. The Labute approximate surface area is 142 Å². The van der Waals surface area contributed by atoms with Crippen LogP contribution >= 0.6 is 27.7 Å². The third-order valence-electron chi connectivity index (χ3n) is 2.79. The van der Waals surface area contributed by atoms with Crippen LogP contribution in [0.25, 0.3) is 0 Å². The molecule has 2 N–H and O–H groups in total. The highest BCUT2D eigenvalue weighted by molar-refractivity contribution is 9.10. The smallest absolute Gasteiger partial charge is 0.180 e. The monoisotopic (exact) mass is 377 g/mol. The molecule has 0 saturated heterocycles. The van der Waals surface area contributed by atoms with Crippen LogP contribution in [-0.4, -0.2) is 18.5 Å². The Morgan fingerprint density at radius 2 is 2.05 bits per heavy atom. The molecule has 0 fully saturated rings. The number of methoxy groups -OCH3 is 1. The molecule has 2 rings (SSSR count). The van der Waals surface area contributed by atoms with Gasteiger partial charge in [-0.1, -0.05) is 42.1 Å². The highest BCUT2D eigenvalue weighted by Crippen LogP contribution is 2.21. The fourth-order valence-corrected chi connectivity index (χ4v) is 2.72.